The van der Waals surface area contributed by atoms with Crippen molar-refractivity contribution in [2.24, 2.45) is 0 Å². The highest BCUT2D eigenvalue weighted by molar-refractivity contribution is 6.33. The predicted molar refractivity (Wildman–Crippen MR) is 81.5 cm³/mol. The molecule has 0 atom stereocenters. The van der Waals surface area contributed by atoms with E-state index < -0.39 is 10.8 Å². The minimum Gasteiger partial charge on any atom is -0.472 e. The number of amides is 2. The van der Waals surface area contributed by atoms with Crippen LogP contribution in [0.2, 0.25) is 5.02 Å². The van der Waals surface area contributed by atoms with Crippen LogP contribution in [-0.2, 0) is 0 Å². The smallest absolute Gasteiger partial charge is 0.270 e. The number of nitrogens with one attached hydrogen (secondary N) is 2. The summed E-state index contributed by atoms with van der Waals surface area (Å²) in [6.07, 6.45) is 2.68. The van der Waals surface area contributed by atoms with Crippen molar-refractivity contribution in [3.63, 3.8) is 0 Å². The maximum absolute atomic E-state index is 12.0. The van der Waals surface area contributed by atoms with Gasteiger partial charge in [0.05, 0.1) is 27.3 Å². The molecule has 1 heterocycles. The molecule has 0 saturated heterocycles. The first-order valence-electron chi connectivity index (χ1n) is 6.51. The molecule has 8 nitrogen and oxygen atoms in total. The van der Waals surface area contributed by atoms with Crippen LogP contribution in [0.4, 0.5) is 5.69 Å². The van der Waals surface area contributed by atoms with Crippen LogP contribution in [0.15, 0.2) is 41.2 Å². The number of nitro benzene ring substituents is 1. The maximum atomic E-state index is 12.0. The Hall–Kier alpha value is -2.87. The first kappa shape index (κ1) is 16.5. The molecule has 0 unspecified atom stereocenters. The van der Waals surface area contributed by atoms with Crippen molar-refractivity contribution in [2.75, 3.05) is 13.1 Å². The van der Waals surface area contributed by atoms with Crippen molar-refractivity contribution >= 4 is 29.1 Å². The van der Waals surface area contributed by atoms with Crippen LogP contribution in [0.3, 0.4) is 0 Å². The summed E-state index contributed by atoms with van der Waals surface area (Å²) in [6.45, 7) is 0.323. The van der Waals surface area contributed by atoms with E-state index in [4.69, 9.17) is 16.0 Å². The van der Waals surface area contributed by atoms with E-state index in [-0.39, 0.29) is 35.3 Å². The lowest BCUT2D eigenvalue weighted by Gasteiger charge is -2.07. The molecule has 0 aliphatic carbocycles. The van der Waals surface area contributed by atoms with Gasteiger partial charge in [-0.25, -0.2) is 0 Å². The van der Waals surface area contributed by atoms with E-state index in [0.29, 0.717) is 5.56 Å². The van der Waals surface area contributed by atoms with E-state index in [2.05, 4.69) is 10.6 Å². The molecule has 0 aliphatic heterocycles. The number of carbonyl (C=O) groups excluding carboxylic acids is 2. The second-order valence-corrected chi connectivity index (χ2v) is 4.85. The molecular weight excluding hydrogens is 326 g/mol. The van der Waals surface area contributed by atoms with Gasteiger partial charge < -0.3 is 15.1 Å². The molecule has 0 saturated carbocycles. The lowest BCUT2D eigenvalue weighted by atomic mass is 10.2. The number of rotatable bonds is 6. The van der Waals surface area contributed by atoms with Crippen molar-refractivity contribution in [3.8, 4) is 0 Å². The van der Waals surface area contributed by atoms with Gasteiger partial charge in [0.1, 0.15) is 6.26 Å². The van der Waals surface area contributed by atoms with Gasteiger partial charge in [0.15, 0.2) is 0 Å². The third-order valence-corrected chi connectivity index (χ3v) is 3.21. The number of nitrogens with zero attached hydrogens (tertiary/aromatic N) is 1. The molecule has 120 valence electrons. The van der Waals surface area contributed by atoms with Gasteiger partial charge in [-0.2, -0.15) is 0 Å². The van der Waals surface area contributed by atoms with Gasteiger partial charge in [-0.1, -0.05) is 11.6 Å². The number of furan rings is 1. The van der Waals surface area contributed by atoms with E-state index in [1.165, 1.54) is 30.7 Å². The summed E-state index contributed by atoms with van der Waals surface area (Å²) < 4.78 is 4.78. The third kappa shape index (κ3) is 4.30. The van der Waals surface area contributed by atoms with Gasteiger partial charge in [-0.3, -0.25) is 19.7 Å². The molecule has 1 aromatic heterocycles. The van der Waals surface area contributed by atoms with E-state index in [1.807, 2.05) is 0 Å². The Morgan fingerprint density at radius 3 is 2.48 bits per heavy atom. The number of benzene rings is 1. The van der Waals surface area contributed by atoms with Crippen LogP contribution in [0.1, 0.15) is 20.7 Å². The molecule has 0 bridgehead atoms. The zero-order valence-electron chi connectivity index (χ0n) is 11.7. The van der Waals surface area contributed by atoms with Crippen LogP contribution in [0.25, 0.3) is 0 Å². The van der Waals surface area contributed by atoms with Crippen LogP contribution >= 0.6 is 11.6 Å². The van der Waals surface area contributed by atoms with Gasteiger partial charge in [-0.15, -0.1) is 0 Å². The minimum atomic E-state index is -0.613. The molecule has 2 aromatic rings. The van der Waals surface area contributed by atoms with Crippen molar-refractivity contribution < 1.29 is 18.9 Å². The SMILES string of the molecule is O=C(NCCNC(=O)c1cc([N+](=O)[O-])ccc1Cl)c1ccoc1. The van der Waals surface area contributed by atoms with Gasteiger partial charge in [-0.05, 0) is 12.1 Å². The van der Waals surface area contributed by atoms with Crippen molar-refractivity contribution in [3.05, 3.63) is 63.1 Å². The highest BCUT2D eigenvalue weighted by Gasteiger charge is 2.15. The van der Waals surface area contributed by atoms with Crippen molar-refractivity contribution in [1.29, 1.82) is 0 Å². The molecular formula is C14H12ClN3O5. The average Bonchev–Trinajstić information content (AvgIpc) is 3.05. The Morgan fingerprint density at radius 2 is 1.87 bits per heavy atom. The fourth-order valence-corrected chi connectivity index (χ4v) is 1.95. The lowest BCUT2D eigenvalue weighted by Crippen LogP contribution is -2.34. The summed E-state index contributed by atoms with van der Waals surface area (Å²) in [5.74, 6) is -0.891. The molecule has 1 aromatic carbocycles. The quantitative estimate of drug-likeness (QED) is 0.475. The fourth-order valence-electron chi connectivity index (χ4n) is 1.74. The Labute approximate surface area is 135 Å². The van der Waals surface area contributed by atoms with E-state index in [9.17, 15) is 19.7 Å². The normalized spacial score (nSPS) is 10.1. The second kappa shape index (κ2) is 7.41. The molecule has 0 radical (unpaired) electrons. The standard InChI is InChI=1S/C14H12ClN3O5/c15-12-2-1-10(18(21)22)7-11(12)14(20)17-5-4-16-13(19)9-3-6-23-8-9/h1-3,6-8H,4-5H2,(H,16,19)(H,17,20). The van der Waals surface area contributed by atoms with Gasteiger partial charge in [0.2, 0.25) is 0 Å². The minimum absolute atomic E-state index is 0.00188. The van der Waals surface area contributed by atoms with E-state index >= 15 is 0 Å². The summed E-state index contributed by atoms with van der Waals surface area (Å²) in [7, 11) is 0. The molecule has 0 fully saturated rings. The highest BCUT2D eigenvalue weighted by Crippen LogP contribution is 2.21. The summed E-state index contributed by atoms with van der Waals surface area (Å²) in [5, 5.41) is 15.9. The van der Waals surface area contributed by atoms with Crippen LogP contribution < -0.4 is 10.6 Å². The fraction of sp³-hybridized carbons (Fsp3) is 0.143. The van der Waals surface area contributed by atoms with Crippen molar-refractivity contribution in [2.45, 2.75) is 0 Å². The number of hydrogen-bond donors (Lipinski definition) is 2. The van der Waals surface area contributed by atoms with Gasteiger partial charge >= 0.3 is 0 Å². The zero-order valence-corrected chi connectivity index (χ0v) is 12.5. The summed E-state index contributed by atoms with van der Waals surface area (Å²) in [5.41, 5.74) is 0.146. The Kier molecular flexibility index (Phi) is 5.32. The molecule has 9 heteroatoms. The highest BCUT2D eigenvalue weighted by atomic mass is 35.5. The Balaban J connectivity index is 1.86. The number of hydrogen-bond acceptors (Lipinski definition) is 5. The summed E-state index contributed by atoms with van der Waals surface area (Å²) in [4.78, 5) is 33.7. The van der Waals surface area contributed by atoms with Crippen LogP contribution in [0, 0.1) is 10.1 Å². The molecule has 0 aliphatic rings. The third-order valence-electron chi connectivity index (χ3n) is 2.88. The predicted octanol–water partition coefficient (Wildman–Crippen LogP) is 2.00. The summed E-state index contributed by atoms with van der Waals surface area (Å²) in [6, 6.07) is 5.11. The summed E-state index contributed by atoms with van der Waals surface area (Å²) >= 11 is 5.86. The molecule has 0 spiro atoms. The molecule has 23 heavy (non-hydrogen) atoms. The molecule has 2 amide bonds. The number of non-ortho nitro benzene ring substituents is 1. The Bertz CT molecular complexity index is 730. The molecule has 2 rings (SSSR count). The number of carbonyl (C=O) groups is 2. The molecule has 2 N–H and O–H groups in total. The van der Waals surface area contributed by atoms with E-state index in [1.54, 1.807) is 0 Å². The zero-order chi connectivity index (χ0) is 16.8. The maximum Gasteiger partial charge on any atom is 0.270 e. The van der Waals surface area contributed by atoms with Crippen LogP contribution in [0.5, 0.6) is 0 Å². The first-order chi connectivity index (χ1) is 11.0. The average molecular weight is 338 g/mol. The second-order valence-electron chi connectivity index (χ2n) is 4.45. The van der Waals surface area contributed by atoms with Crippen LogP contribution in [-0.4, -0.2) is 29.8 Å². The first-order valence-corrected chi connectivity index (χ1v) is 6.89. The van der Waals surface area contributed by atoms with Gasteiger partial charge in [0, 0.05) is 25.2 Å². The van der Waals surface area contributed by atoms with Crippen molar-refractivity contribution in [1.82, 2.24) is 10.6 Å². The number of nitro groups is 1. The number of halogens is 1. The van der Waals surface area contributed by atoms with Gasteiger partial charge in [0.25, 0.3) is 17.5 Å². The monoisotopic (exact) mass is 337 g/mol. The largest absolute Gasteiger partial charge is 0.472 e. The Morgan fingerprint density at radius 1 is 1.17 bits per heavy atom. The van der Waals surface area contributed by atoms with E-state index in [0.717, 1.165) is 6.07 Å². The topological polar surface area (TPSA) is 114 Å². The lowest BCUT2D eigenvalue weighted by molar-refractivity contribution is -0.384.